The number of para-hydroxylation sites is 2. The summed E-state index contributed by atoms with van der Waals surface area (Å²) in [5.74, 6) is -0.420. The van der Waals surface area contributed by atoms with Gasteiger partial charge in [0, 0.05) is 4.88 Å². The predicted molar refractivity (Wildman–Crippen MR) is 102 cm³/mol. The van der Waals surface area contributed by atoms with Crippen LogP contribution in [0.3, 0.4) is 0 Å². The van der Waals surface area contributed by atoms with E-state index in [0.717, 1.165) is 10.4 Å². The number of benzene rings is 2. The molecule has 0 radical (unpaired) electrons. The molecule has 27 heavy (non-hydrogen) atoms. The Labute approximate surface area is 159 Å². The van der Waals surface area contributed by atoms with E-state index in [4.69, 9.17) is 0 Å². The number of alkyl halides is 2. The molecule has 0 saturated carbocycles. The fraction of sp³-hybridized carbons (Fsp3) is 0.150. The molecule has 1 heterocycles. The van der Waals surface area contributed by atoms with Crippen LogP contribution in [0.1, 0.15) is 16.5 Å². The third-order valence-corrected chi connectivity index (χ3v) is 4.74. The molecule has 7 heteroatoms. The fourth-order valence-corrected chi connectivity index (χ4v) is 3.47. The number of carbonyl (C=O) groups excluding carboxylic acids is 1. The molecule has 1 atom stereocenters. The molecule has 1 aromatic heterocycles. The molecule has 0 saturated heterocycles. The van der Waals surface area contributed by atoms with E-state index < -0.39 is 6.61 Å². The number of rotatable bonds is 8. The Morgan fingerprint density at radius 2 is 1.74 bits per heavy atom. The highest BCUT2D eigenvalue weighted by Gasteiger charge is 2.17. The highest BCUT2D eigenvalue weighted by molar-refractivity contribution is 7.10. The Balaban J connectivity index is 1.67. The monoisotopic (exact) mass is 388 g/mol. The Morgan fingerprint density at radius 3 is 2.44 bits per heavy atom. The maximum Gasteiger partial charge on any atom is 0.387 e. The van der Waals surface area contributed by atoms with Crippen LogP contribution in [0.5, 0.6) is 5.75 Å². The van der Waals surface area contributed by atoms with Gasteiger partial charge >= 0.3 is 6.61 Å². The van der Waals surface area contributed by atoms with Crippen LogP contribution in [0.4, 0.5) is 14.5 Å². The van der Waals surface area contributed by atoms with Gasteiger partial charge in [-0.05, 0) is 29.1 Å². The number of nitrogens with one attached hydrogen (secondary N) is 2. The second kappa shape index (κ2) is 9.25. The molecule has 0 aliphatic rings. The zero-order valence-corrected chi connectivity index (χ0v) is 15.1. The van der Waals surface area contributed by atoms with Gasteiger partial charge in [0.1, 0.15) is 5.75 Å². The molecule has 140 valence electrons. The number of ether oxygens (including phenoxy) is 1. The minimum atomic E-state index is -2.96. The average Bonchev–Trinajstić information content (AvgIpc) is 3.18. The Kier molecular flexibility index (Phi) is 6.51. The largest absolute Gasteiger partial charge is 0.433 e. The lowest BCUT2D eigenvalue weighted by Crippen LogP contribution is -2.31. The molecule has 0 fully saturated rings. The van der Waals surface area contributed by atoms with E-state index in [-0.39, 0.29) is 29.9 Å². The zero-order chi connectivity index (χ0) is 19.1. The van der Waals surface area contributed by atoms with Gasteiger partial charge in [0.05, 0.1) is 18.3 Å². The second-order valence-corrected chi connectivity index (χ2v) is 6.64. The van der Waals surface area contributed by atoms with E-state index >= 15 is 0 Å². The highest BCUT2D eigenvalue weighted by Crippen LogP contribution is 2.27. The van der Waals surface area contributed by atoms with Crippen LogP contribution in [0.15, 0.2) is 72.1 Å². The number of anilines is 1. The Bertz CT molecular complexity index is 857. The molecule has 1 amide bonds. The van der Waals surface area contributed by atoms with E-state index in [0.29, 0.717) is 0 Å². The van der Waals surface area contributed by atoms with Crippen molar-refractivity contribution in [1.29, 1.82) is 0 Å². The van der Waals surface area contributed by atoms with E-state index in [9.17, 15) is 13.6 Å². The minimum absolute atomic E-state index is 0.0144. The first-order valence-corrected chi connectivity index (χ1v) is 9.17. The summed E-state index contributed by atoms with van der Waals surface area (Å²) in [5.41, 5.74) is 1.24. The van der Waals surface area contributed by atoms with E-state index in [1.165, 1.54) is 12.1 Å². The molecule has 0 bridgehead atoms. The zero-order valence-electron chi connectivity index (χ0n) is 14.3. The normalized spacial score (nSPS) is 12.0. The lowest BCUT2D eigenvalue weighted by atomic mass is 10.1. The van der Waals surface area contributed by atoms with E-state index in [1.54, 1.807) is 23.5 Å². The van der Waals surface area contributed by atoms with Crippen molar-refractivity contribution in [2.24, 2.45) is 0 Å². The first-order valence-electron chi connectivity index (χ1n) is 8.29. The van der Waals surface area contributed by atoms with Crippen molar-refractivity contribution < 1.29 is 18.3 Å². The van der Waals surface area contributed by atoms with Crippen molar-refractivity contribution in [1.82, 2.24) is 5.32 Å². The molecular formula is C20H18F2N2O2S. The van der Waals surface area contributed by atoms with Crippen molar-refractivity contribution >= 4 is 22.9 Å². The molecule has 2 N–H and O–H groups in total. The first-order chi connectivity index (χ1) is 13.1. The van der Waals surface area contributed by atoms with Crippen LogP contribution in [-0.4, -0.2) is 19.1 Å². The van der Waals surface area contributed by atoms with E-state index in [1.807, 2.05) is 47.8 Å². The van der Waals surface area contributed by atoms with Gasteiger partial charge in [0.2, 0.25) is 5.91 Å². The summed E-state index contributed by atoms with van der Waals surface area (Å²) in [5, 5.41) is 7.82. The number of amides is 1. The van der Waals surface area contributed by atoms with Crippen molar-refractivity contribution in [3.63, 3.8) is 0 Å². The summed E-state index contributed by atoms with van der Waals surface area (Å²) in [6, 6.07) is 19.7. The molecule has 4 nitrogen and oxygen atoms in total. The standard InChI is InChI=1S/C20H18F2N2O2S/c21-20(22)26-16-10-5-4-9-15(16)24-18(25)13-23-19(17-11-6-12-27-17)14-7-2-1-3-8-14/h1-12,19-20,23H,13H2,(H,24,25)/t19-/m0/s1. The van der Waals surface area contributed by atoms with Gasteiger partial charge < -0.3 is 10.1 Å². The minimum Gasteiger partial charge on any atom is -0.433 e. The van der Waals surface area contributed by atoms with Crippen LogP contribution < -0.4 is 15.4 Å². The van der Waals surface area contributed by atoms with Crippen molar-refractivity contribution in [3.8, 4) is 5.75 Å². The topological polar surface area (TPSA) is 50.4 Å². The summed E-state index contributed by atoms with van der Waals surface area (Å²) in [6.45, 7) is -2.94. The van der Waals surface area contributed by atoms with Gasteiger partial charge in [-0.3, -0.25) is 10.1 Å². The summed E-state index contributed by atoms with van der Waals surface area (Å²) in [7, 11) is 0. The third-order valence-electron chi connectivity index (χ3n) is 3.80. The molecule has 2 aromatic carbocycles. The SMILES string of the molecule is O=C(CN[C@@H](c1ccccc1)c1cccs1)Nc1ccccc1OC(F)F. The van der Waals surface area contributed by atoms with Gasteiger partial charge in [-0.2, -0.15) is 8.78 Å². The number of carbonyl (C=O) groups is 1. The van der Waals surface area contributed by atoms with Gasteiger partial charge in [-0.25, -0.2) is 0 Å². The molecule has 0 spiro atoms. The van der Waals surface area contributed by atoms with Crippen LogP contribution in [0, 0.1) is 0 Å². The Morgan fingerprint density at radius 1 is 1.00 bits per heavy atom. The number of thiophene rings is 1. The number of halogens is 2. The van der Waals surface area contributed by atoms with Crippen LogP contribution >= 0.6 is 11.3 Å². The number of hydrogen-bond acceptors (Lipinski definition) is 4. The molecule has 3 aromatic rings. The van der Waals surface area contributed by atoms with Gasteiger partial charge in [0.15, 0.2) is 0 Å². The maximum absolute atomic E-state index is 12.5. The quantitative estimate of drug-likeness (QED) is 0.590. The Hall–Kier alpha value is -2.77. The lowest BCUT2D eigenvalue weighted by molar-refractivity contribution is -0.115. The smallest absolute Gasteiger partial charge is 0.387 e. The van der Waals surface area contributed by atoms with Gasteiger partial charge in [0.25, 0.3) is 0 Å². The second-order valence-electron chi connectivity index (χ2n) is 5.66. The number of hydrogen-bond donors (Lipinski definition) is 2. The predicted octanol–water partition coefficient (Wildman–Crippen LogP) is 4.67. The summed E-state index contributed by atoms with van der Waals surface area (Å²) in [4.78, 5) is 13.4. The molecule has 0 aliphatic heterocycles. The maximum atomic E-state index is 12.5. The fourth-order valence-electron chi connectivity index (χ4n) is 2.64. The molecule has 3 rings (SSSR count). The van der Waals surface area contributed by atoms with E-state index in [2.05, 4.69) is 15.4 Å². The van der Waals surface area contributed by atoms with Crippen molar-refractivity contribution in [2.45, 2.75) is 12.7 Å². The van der Waals surface area contributed by atoms with Crippen molar-refractivity contribution in [2.75, 3.05) is 11.9 Å². The average molecular weight is 388 g/mol. The molecule has 0 aliphatic carbocycles. The summed E-state index contributed by atoms with van der Waals surface area (Å²) in [6.07, 6.45) is 0. The summed E-state index contributed by atoms with van der Waals surface area (Å²) >= 11 is 1.59. The molecule has 0 unspecified atom stereocenters. The van der Waals surface area contributed by atoms with Crippen LogP contribution in [0.25, 0.3) is 0 Å². The lowest BCUT2D eigenvalue weighted by Gasteiger charge is -2.18. The van der Waals surface area contributed by atoms with Crippen LogP contribution in [0.2, 0.25) is 0 Å². The summed E-state index contributed by atoms with van der Waals surface area (Å²) < 4.78 is 29.4. The van der Waals surface area contributed by atoms with Crippen molar-refractivity contribution in [3.05, 3.63) is 82.6 Å². The van der Waals surface area contributed by atoms with Crippen LogP contribution in [-0.2, 0) is 4.79 Å². The van der Waals surface area contributed by atoms with Gasteiger partial charge in [-0.1, -0.05) is 48.5 Å². The molecular weight excluding hydrogens is 370 g/mol. The third kappa shape index (κ3) is 5.35. The van der Waals surface area contributed by atoms with Gasteiger partial charge in [-0.15, -0.1) is 11.3 Å². The first kappa shape index (κ1) is 19.0. The highest BCUT2D eigenvalue weighted by atomic mass is 32.1.